The highest BCUT2D eigenvalue weighted by atomic mass is 127. The lowest BCUT2D eigenvalue weighted by atomic mass is 10.1. The predicted molar refractivity (Wildman–Crippen MR) is 122 cm³/mol. The Kier molecular flexibility index (Phi) is 6.98. The van der Waals surface area contributed by atoms with Gasteiger partial charge in [-0.2, -0.15) is 0 Å². The number of nitrogens with zero attached hydrogens (tertiary/aromatic N) is 1. The number of halogens is 1. The summed E-state index contributed by atoms with van der Waals surface area (Å²) in [6.07, 6.45) is 1.31. The topological polar surface area (TPSA) is 119 Å². The molecule has 0 radical (unpaired) electrons. The van der Waals surface area contributed by atoms with E-state index < -0.39 is 16.8 Å². The first-order chi connectivity index (χ1) is 14.8. The Labute approximate surface area is 190 Å². The summed E-state index contributed by atoms with van der Waals surface area (Å²) in [6.45, 7) is 0. The third kappa shape index (κ3) is 5.89. The van der Waals surface area contributed by atoms with E-state index in [4.69, 9.17) is 4.74 Å². The van der Waals surface area contributed by atoms with Crippen molar-refractivity contribution in [1.82, 2.24) is 5.32 Å². The van der Waals surface area contributed by atoms with Gasteiger partial charge < -0.3 is 15.2 Å². The summed E-state index contributed by atoms with van der Waals surface area (Å²) in [5, 5.41) is 22.4. The lowest BCUT2D eigenvalue weighted by Crippen LogP contribution is -2.27. The van der Waals surface area contributed by atoms with Crippen molar-refractivity contribution < 1.29 is 24.4 Å². The molecule has 156 valence electrons. The number of ether oxygens (including phenoxy) is 1. The lowest BCUT2D eigenvalue weighted by Gasteiger charge is -2.08. The highest BCUT2D eigenvalue weighted by Gasteiger charge is 2.15. The molecule has 3 rings (SSSR count). The molecule has 2 N–H and O–H groups in total. The molecular weight excluding hydrogens is 515 g/mol. The van der Waals surface area contributed by atoms with Gasteiger partial charge in [-0.3, -0.25) is 14.9 Å². The molecule has 0 heterocycles. The van der Waals surface area contributed by atoms with Crippen molar-refractivity contribution in [2.24, 2.45) is 0 Å². The predicted octanol–water partition coefficient (Wildman–Crippen LogP) is 4.85. The number of hydrogen-bond donors (Lipinski definition) is 2. The van der Waals surface area contributed by atoms with Crippen LogP contribution in [0.15, 0.2) is 78.5 Å². The summed E-state index contributed by atoms with van der Waals surface area (Å²) < 4.78 is 6.75. The largest absolute Gasteiger partial charge is 0.477 e. The first-order valence-corrected chi connectivity index (χ1v) is 9.94. The number of para-hydroxylation sites is 1. The average molecular weight is 530 g/mol. The fraction of sp³-hybridized carbons (Fsp3) is 0. The molecule has 0 spiro atoms. The van der Waals surface area contributed by atoms with E-state index in [9.17, 15) is 24.8 Å². The van der Waals surface area contributed by atoms with Crippen molar-refractivity contribution in [3.05, 3.63) is 103 Å². The third-order valence-electron chi connectivity index (χ3n) is 4.07. The molecule has 3 aromatic rings. The number of rotatable bonds is 7. The molecular formula is C22H15IN2O6. The van der Waals surface area contributed by atoms with Crippen molar-refractivity contribution in [3.8, 4) is 11.5 Å². The monoisotopic (exact) mass is 530 g/mol. The van der Waals surface area contributed by atoms with E-state index in [1.54, 1.807) is 24.3 Å². The summed E-state index contributed by atoms with van der Waals surface area (Å²) in [4.78, 5) is 34.0. The zero-order chi connectivity index (χ0) is 22.4. The number of carboxylic acid groups (broad SMARTS) is 1. The van der Waals surface area contributed by atoms with Crippen LogP contribution in [0.5, 0.6) is 11.5 Å². The summed E-state index contributed by atoms with van der Waals surface area (Å²) in [5.41, 5.74) is 0.128. The van der Waals surface area contributed by atoms with Crippen molar-refractivity contribution in [2.75, 3.05) is 0 Å². The van der Waals surface area contributed by atoms with Crippen LogP contribution in [0.4, 0.5) is 5.69 Å². The van der Waals surface area contributed by atoms with Crippen LogP contribution in [0, 0.1) is 13.7 Å². The van der Waals surface area contributed by atoms with Gasteiger partial charge in [-0.05, 0) is 70.6 Å². The van der Waals surface area contributed by atoms with E-state index in [0.717, 1.165) is 3.57 Å². The second-order valence-electron chi connectivity index (χ2n) is 6.22. The maximum absolute atomic E-state index is 12.3. The van der Waals surface area contributed by atoms with Crippen LogP contribution < -0.4 is 10.1 Å². The molecule has 3 aromatic carbocycles. The van der Waals surface area contributed by atoms with Gasteiger partial charge in [0.25, 0.3) is 11.6 Å². The van der Waals surface area contributed by atoms with Crippen LogP contribution in [0.1, 0.15) is 15.9 Å². The van der Waals surface area contributed by atoms with E-state index in [1.807, 2.05) is 24.3 Å². The third-order valence-corrected chi connectivity index (χ3v) is 4.97. The van der Waals surface area contributed by atoms with Crippen LogP contribution in [-0.4, -0.2) is 21.9 Å². The maximum atomic E-state index is 12.3. The number of carbonyl (C=O) groups is 2. The number of carboxylic acids is 1. The second-order valence-corrected chi connectivity index (χ2v) is 7.38. The summed E-state index contributed by atoms with van der Waals surface area (Å²) >= 11 is 2.16. The van der Waals surface area contributed by atoms with E-state index in [1.165, 1.54) is 30.3 Å². The van der Waals surface area contributed by atoms with Crippen molar-refractivity contribution in [3.63, 3.8) is 0 Å². The van der Waals surface area contributed by atoms with Crippen LogP contribution in [-0.2, 0) is 4.79 Å². The molecule has 0 unspecified atom stereocenters. The van der Waals surface area contributed by atoms with E-state index in [0.29, 0.717) is 17.1 Å². The van der Waals surface area contributed by atoms with Gasteiger partial charge >= 0.3 is 5.97 Å². The first kappa shape index (κ1) is 22.0. The normalized spacial score (nSPS) is 10.9. The maximum Gasteiger partial charge on any atom is 0.352 e. The molecule has 0 atom stereocenters. The van der Waals surface area contributed by atoms with Gasteiger partial charge in [0.1, 0.15) is 17.2 Å². The van der Waals surface area contributed by atoms with Gasteiger partial charge in [0.2, 0.25) is 0 Å². The van der Waals surface area contributed by atoms with Crippen LogP contribution in [0.2, 0.25) is 0 Å². The van der Waals surface area contributed by atoms with Gasteiger partial charge in [0.15, 0.2) is 0 Å². The number of nitro groups is 1. The van der Waals surface area contributed by atoms with Crippen LogP contribution in [0.3, 0.4) is 0 Å². The Balaban J connectivity index is 1.74. The molecule has 0 aliphatic rings. The van der Waals surface area contributed by atoms with Crippen molar-refractivity contribution in [1.29, 1.82) is 0 Å². The first-order valence-electron chi connectivity index (χ1n) is 8.87. The number of amides is 1. The minimum atomic E-state index is -1.32. The van der Waals surface area contributed by atoms with Crippen LogP contribution in [0.25, 0.3) is 6.08 Å². The van der Waals surface area contributed by atoms with Gasteiger partial charge in [-0.15, -0.1) is 0 Å². The molecule has 0 saturated carbocycles. The number of non-ortho nitro benzene ring substituents is 1. The van der Waals surface area contributed by atoms with Crippen molar-refractivity contribution in [2.45, 2.75) is 0 Å². The van der Waals surface area contributed by atoms with Crippen LogP contribution >= 0.6 is 22.6 Å². The van der Waals surface area contributed by atoms with E-state index in [-0.39, 0.29) is 16.9 Å². The number of hydrogen-bond acceptors (Lipinski definition) is 5. The van der Waals surface area contributed by atoms with E-state index in [2.05, 4.69) is 27.9 Å². The molecule has 9 heteroatoms. The minimum absolute atomic E-state index is 0.0963. The Morgan fingerprint density at radius 3 is 2.23 bits per heavy atom. The quantitative estimate of drug-likeness (QED) is 0.195. The smallest absolute Gasteiger partial charge is 0.352 e. The number of carbonyl (C=O) groups excluding carboxylic acids is 1. The number of benzene rings is 3. The fourth-order valence-electron chi connectivity index (χ4n) is 2.53. The SMILES string of the molecule is O=C(O)/C(=C/c1ccc(Oc2ccccc2I)cc1)NC(=O)c1ccc([N+](=O)[O-])cc1. The minimum Gasteiger partial charge on any atom is -0.477 e. The zero-order valence-electron chi connectivity index (χ0n) is 15.8. The van der Waals surface area contributed by atoms with E-state index >= 15 is 0 Å². The Morgan fingerprint density at radius 1 is 1.00 bits per heavy atom. The molecule has 8 nitrogen and oxygen atoms in total. The van der Waals surface area contributed by atoms with Gasteiger partial charge in [0, 0.05) is 17.7 Å². The molecule has 0 aliphatic heterocycles. The average Bonchev–Trinajstić information content (AvgIpc) is 2.76. The summed E-state index contributed by atoms with van der Waals surface area (Å²) in [7, 11) is 0. The fourth-order valence-corrected chi connectivity index (χ4v) is 3.03. The second kappa shape index (κ2) is 9.85. The zero-order valence-corrected chi connectivity index (χ0v) is 18.0. The standard InChI is InChI=1S/C22H15IN2O6/c23-18-3-1-2-4-20(18)31-17-11-5-14(6-12-17)13-19(22(27)28)24-21(26)15-7-9-16(10-8-15)25(29)30/h1-13H,(H,24,26)(H,27,28)/b19-13-. The van der Waals surface area contributed by atoms with Gasteiger partial charge in [-0.25, -0.2) is 4.79 Å². The van der Waals surface area contributed by atoms with Gasteiger partial charge in [0.05, 0.1) is 8.49 Å². The number of nitrogens with one attached hydrogen (secondary N) is 1. The molecule has 31 heavy (non-hydrogen) atoms. The Morgan fingerprint density at radius 2 is 1.65 bits per heavy atom. The number of nitro benzene ring substituents is 1. The Bertz CT molecular complexity index is 1160. The summed E-state index contributed by atoms with van der Waals surface area (Å²) in [5.74, 6) is -0.738. The number of aliphatic carboxylic acids is 1. The molecule has 0 bridgehead atoms. The Hall–Kier alpha value is -3.73. The lowest BCUT2D eigenvalue weighted by molar-refractivity contribution is -0.384. The molecule has 0 aromatic heterocycles. The molecule has 0 aliphatic carbocycles. The highest BCUT2D eigenvalue weighted by molar-refractivity contribution is 14.1. The molecule has 0 fully saturated rings. The molecule has 1 amide bonds. The molecule has 0 saturated heterocycles. The highest BCUT2D eigenvalue weighted by Crippen LogP contribution is 2.26. The van der Waals surface area contributed by atoms with Gasteiger partial charge in [-0.1, -0.05) is 24.3 Å². The van der Waals surface area contributed by atoms with Crippen molar-refractivity contribution >= 4 is 46.2 Å². The summed E-state index contributed by atoms with van der Waals surface area (Å²) in [6, 6.07) is 19.1.